The van der Waals surface area contributed by atoms with Crippen molar-refractivity contribution >= 4 is 22.6 Å². The van der Waals surface area contributed by atoms with Gasteiger partial charge in [-0.25, -0.2) is 0 Å². The number of hydrogen-bond donors (Lipinski definition) is 0. The number of benzene rings is 7. The molecule has 9 rings (SSSR count). The molecule has 2 aliphatic rings. The molecule has 2 unspecified atom stereocenters. The molecule has 2 atom stereocenters. The Kier molecular flexibility index (Phi) is 6.30. The van der Waals surface area contributed by atoms with Gasteiger partial charge in [0.05, 0.1) is 18.0 Å². The van der Waals surface area contributed by atoms with E-state index in [4.69, 9.17) is 2.74 Å². The van der Waals surface area contributed by atoms with Gasteiger partial charge >= 0.3 is 0 Å². The maximum absolute atomic E-state index is 9.90. The molecular formula is C51H41N. The average molecular weight is 675 g/mol. The van der Waals surface area contributed by atoms with Gasteiger partial charge in [0, 0.05) is 19.7 Å². The number of fused-ring (bicyclic) bond motifs is 2. The summed E-state index contributed by atoms with van der Waals surface area (Å²) in [4.78, 5) is 1.99. The molecule has 0 bridgehead atoms. The number of hydrogen-bond acceptors (Lipinski definition) is 1. The molecule has 0 fully saturated rings. The van der Waals surface area contributed by atoms with E-state index in [0.29, 0.717) is 22.4 Å². The zero-order valence-corrected chi connectivity index (χ0v) is 29.1. The van der Waals surface area contributed by atoms with Gasteiger partial charge in [0.15, 0.2) is 0 Å². The smallest absolute Gasteiger partial charge is 0.0677 e. The van der Waals surface area contributed by atoms with Crippen molar-refractivity contribution in [2.24, 2.45) is 0 Å². The second-order valence-electron chi connectivity index (χ2n) is 13.4. The van der Waals surface area contributed by atoms with Crippen molar-refractivity contribution in [2.45, 2.75) is 32.1 Å². The Hall–Kier alpha value is -6.18. The molecule has 0 amide bonds. The van der Waals surface area contributed by atoms with E-state index in [1.807, 2.05) is 128 Å². The average Bonchev–Trinajstić information content (AvgIpc) is 3.60. The van der Waals surface area contributed by atoms with Crippen molar-refractivity contribution in [2.75, 3.05) is 4.90 Å². The topological polar surface area (TPSA) is 3.24 Å². The molecule has 1 heteroatoms. The molecule has 0 radical (unpaired) electrons. The Bertz CT molecular complexity index is 2690. The van der Waals surface area contributed by atoms with Crippen LogP contribution in [0.1, 0.15) is 55.8 Å². The monoisotopic (exact) mass is 674 g/mol. The predicted molar refractivity (Wildman–Crippen MR) is 220 cm³/mol. The summed E-state index contributed by atoms with van der Waals surface area (Å²) < 4.78 is 67.0. The molecule has 1 nitrogen and oxygen atoms in total. The molecule has 0 saturated heterocycles. The van der Waals surface area contributed by atoms with Gasteiger partial charge in [-0.2, -0.15) is 0 Å². The summed E-state index contributed by atoms with van der Waals surface area (Å²) >= 11 is 0. The molecule has 2 aliphatic carbocycles. The van der Waals surface area contributed by atoms with E-state index in [1.54, 1.807) is 0 Å². The van der Waals surface area contributed by atoms with Gasteiger partial charge in [-0.15, -0.1) is 0 Å². The minimum atomic E-state index is -1.38. The fourth-order valence-electron chi connectivity index (χ4n) is 8.07. The second kappa shape index (κ2) is 13.2. The lowest BCUT2D eigenvalue weighted by Crippen LogP contribution is -2.30. The lowest BCUT2D eigenvalue weighted by molar-refractivity contribution is 0.696. The Morgan fingerprint density at radius 3 is 1.56 bits per heavy atom. The van der Waals surface area contributed by atoms with Crippen LogP contribution in [0, 0.1) is 13.8 Å². The van der Waals surface area contributed by atoms with Gasteiger partial charge in [0.2, 0.25) is 0 Å². The van der Waals surface area contributed by atoms with Crippen LogP contribution in [-0.2, 0) is 5.41 Å². The fraction of sp³-hybridized carbons (Fsp3) is 0.0980. The standard InChI is InChI=1S/C51H41N/c1-36-34-40(38-18-7-3-8-19-38)30-32-47(36)52(48-33-31-41(35-37(48)2)39-20-9-4-10-21-39)49-29-17-28-46-50(49)44-26-15-16-27-45(44)51(46,42-22-11-5-12-23-42)43-24-13-6-14-25-43/h3-15,17-26,28-35H,16,27H2,1-2H3/i15D,16D,17D,26D,27D,28D,29D. The summed E-state index contributed by atoms with van der Waals surface area (Å²) in [6, 6.07) is 50.6. The van der Waals surface area contributed by atoms with Gasteiger partial charge in [-0.3, -0.25) is 0 Å². The van der Waals surface area contributed by atoms with Crippen molar-refractivity contribution < 1.29 is 9.60 Å². The van der Waals surface area contributed by atoms with E-state index in [2.05, 4.69) is 48.5 Å². The second-order valence-corrected chi connectivity index (χ2v) is 13.4. The highest BCUT2D eigenvalue weighted by molar-refractivity contribution is 5.99. The SMILES string of the molecule is [2H]C1=C([2H])C([2H])C([2H])C2=C1c1c(N(c3ccc(-c4ccccc4)cc3C)c3ccc(-c4ccccc4)cc3C)c([2H])c([2H])c([2H])c1C2(c1ccccc1)c1ccccc1. The zero-order chi connectivity index (χ0) is 41.2. The van der Waals surface area contributed by atoms with Crippen LogP contribution in [0.15, 0.2) is 194 Å². The first kappa shape index (κ1) is 24.9. The van der Waals surface area contributed by atoms with Crippen LogP contribution in [0.3, 0.4) is 0 Å². The van der Waals surface area contributed by atoms with Crippen molar-refractivity contribution in [3.05, 3.63) is 227 Å². The van der Waals surface area contributed by atoms with Crippen LogP contribution in [-0.4, -0.2) is 0 Å². The Morgan fingerprint density at radius 1 is 0.558 bits per heavy atom. The van der Waals surface area contributed by atoms with Gasteiger partial charge < -0.3 is 4.90 Å². The quantitative estimate of drug-likeness (QED) is 0.163. The molecule has 7 aromatic rings. The molecule has 0 aromatic heterocycles. The van der Waals surface area contributed by atoms with Crippen LogP contribution < -0.4 is 4.90 Å². The summed E-state index contributed by atoms with van der Waals surface area (Å²) in [6.45, 7) is 4.05. The maximum atomic E-state index is 9.90. The van der Waals surface area contributed by atoms with E-state index in [1.165, 1.54) is 0 Å². The molecule has 0 heterocycles. The minimum absolute atomic E-state index is 0.184. The first-order chi connectivity index (χ1) is 28.5. The third-order valence-corrected chi connectivity index (χ3v) is 10.4. The Morgan fingerprint density at radius 2 is 1.06 bits per heavy atom. The molecule has 52 heavy (non-hydrogen) atoms. The van der Waals surface area contributed by atoms with E-state index >= 15 is 0 Å². The molecule has 7 aromatic carbocycles. The lowest BCUT2D eigenvalue weighted by atomic mass is 9.65. The zero-order valence-electron chi connectivity index (χ0n) is 36.1. The molecule has 0 aliphatic heterocycles. The van der Waals surface area contributed by atoms with Crippen molar-refractivity contribution in [1.82, 2.24) is 0 Å². The highest BCUT2D eigenvalue weighted by atomic mass is 15.1. The normalized spacial score (nSPS) is 19.3. The molecule has 0 N–H and O–H groups in total. The summed E-state index contributed by atoms with van der Waals surface area (Å²) in [5.74, 6) is 0. The number of nitrogens with zero attached hydrogens (tertiary/aromatic N) is 1. The fourth-order valence-corrected chi connectivity index (χ4v) is 8.07. The van der Waals surface area contributed by atoms with E-state index < -0.39 is 18.2 Å². The Labute approximate surface area is 317 Å². The third-order valence-electron chi connectivity index (χ3n) is 10.4. The lowest BCUT2D eigenvalue weighted by Gasteiger charge is -2.37. The number of rotatable bonds is 7. The van der Waals surface area contributed by atoms with Crippen LogP contribution in [0.2, 0.25) is 0 Å². The molecular weight excluding hydrogens is 627 g/mol. The molecule has 250 valence electrons. The van der Waals surface area contributed by atoms with Crippen molar-refractivity contribution in [3.8, 4) is 22.3 Å². The van der Waals surface area contributed by atoms with E-state index in [-0.39, 0.29) is 35.8 Å². The summed E-state index contributed by atoms with van der Waals surface area (Å²) in [7, 11) is 0. The first-order valence-corrected chi connectivity index (χ1v) is 17.7. The molecule has 0 spiro atoms. The largest absolute Gasteiger partial charge is 0.309 e. The maximum Gasteiger partial charge on any atom is 0.0677 e. The number of allylic oxidation sites excluding steroid dienone is 4. The highest BCUT2D eigenvalue weighted by Gasteiger charge is 2.48. The van der Waals surface area contributed by atoms with E-state index in [9.17, 15) is 6.85 Å². The van der Waals surface area contributed by atoms with Crippen LogP contribution >= 0.6 is 0 Å². The van der Waals surface area contributed by atoms with Gasteiger partial charge in [0.1, 0.15) is 0 Å². The number of anilines is 3. The highest BCUT2D eigenvalue weighted by Crippen LogP contribution is 2.60. The first-order valence-electron chi connectivity index (χ1n) is 21.4. The Balaban J connectivity index is 1.44. The van der Waals surface area contributed by atoms with Crippen LogP contribution in [0.25, 0.3) is 27.8 Å². The van der Waals surface area contributed by atoms with Gasteiger partial charge in [0.25, 0.3) is 0 Å². The minimum Gasteiger partial charge on any atom is -0.309 e. The van der Waals surface area contributed by atoms with E-state index in [0.717, 1.165) is 55.9 Å². The summed E-state index contributed by atoms with van der Waals surface area (Å²) in [6.07, 6.45) is -2.65. The number of aryl methyl sites for hydroxylation is 2. The molecule has 0 saturated carbocycles. The predicted octanol–water partition coefficient (Wildman–Crippen LogP) is 13.6. The van der Waals surface area contributed by atoms with Crippen molar-refractivity contribution in [1.29, 1.82) is 0 Å². The van der Waals surface area contributed by atoms with Gasteiger partial charge in [-0.1, -0.05) is 158 Å². The summed E-state index contributed by atoms with van der Waals surface area (Å²) in [5.41, 5.74) is 9.20. The van der Waals surface area contributed by atoms with Crippen molar-refractivity contribution in [3.63, 3.8) is 0 Å². The summed E-state index contributed by atoms with van der Waals surface area (Å²) in [5, 5.41) is 0. The third kappa shape index (κ3) is 5.16. The van der Waals surface area contributed by atoms with Crippen LogP contribution in [0.4, 0.5) is 17.1 Å². The van der Waals surface area contributed by atoms with Crippen LogP contribution in [0.5, 0.6) is 0 Å². The van der Waals surface area contributed by atoms with Gasteiger partial charge in [-0.05, 0) is 118 Å².